The van der Waals surface area contributed by atoms with Crippen LogP contribution in [0.2, 0.25) is 0 Å². The standard InChI is InChI=1S/C14H16N2OS/c15-13-5-1-4-12-11(13)3-2-6-14(12)17-8-10-7-16-9-18-10/h2-3,6-7,9,13H,1,4-5,8,15H2. The Morgan fingerprint density at radius 1 is 1.44 bits per heavy atom. The average molecular weight is 260 g/mol. The van der Waals surface area contributed by atoms with Crippen LogP contribution in [-0.4, -0.2) is 4.98 Å². The Kier molecular flexibility index (Phi) is 3.30. The lowest BCUT2D eigenvalue weighted by atomic mass is 9.88. The molecule has 0 saturated heterocycles. The largest absolute Gasteiger partial charge is 0.488 e. The van der Waals surface area contributed by atoms with Crippen LogP contribution in [0, 0.1) is 0 Å². The average Bonchev–Trinajstić information content (AvgIpc) is 2.90. The molecule has 1 aliphatic rings. The van der Waals surface area contributed by atoms with Crippen LogP contribution in [0.25, 0.3) is 0 Å². The number of thiazole rings is 1. The zero-order valence-electron chi connectivity index (χ0n) is 10.1. The molecule has 0 amide bonds. The number of ether oxygens (including phenoxy) is 1. The van der Waals surface area contributed by atoms with Crippen LogP contribution < -0.4 is 10.5 Å². The van der Waals surface area contributed by atoms with Crippen molar-refractivity contribution in [3.05, 3.63) is 45.9 Å². The van der Waals surface area contributed by atoms with E-state index >= 15 is 0 Å². The first-order chi connectivity index (χ1) is 8.84. The highest BCUT2D eigenvalue weighted by atomic mass is 32.1. The number of benzene rings is 1. The third kappa shape index (κ3) is 2.26. The minimum absolute atomic E-state index is 0.167. The summed E-state index contributed by atoms with van der Waals surface area (Å²) in [6.45, 7) is 0.594. The van der Waals surface area contributed by atoms with E-state index in [1.165, 1.54) is 11.1 Å². The fourth-order valence-electron chi connectivity index (χ4n) is 2.45. The Labute approximate surface area is 111 Å². The summed E-state index contributed by atoms with van der Waals surface area (Å²) in [6.07, 6.45) is 5.15. The molecule has 1 unspecified atom stereocenters. The molecular weight excluding hydrogens is 244 g/mol. The van der Waals surface area contributed by atoms with E-state index in [9.17, 15) is 0 Å². The first-order valence-corrected chi connectivity index (χ1v) is 7.10. The maximum Gasteiger partial charge on any atom is 0.124 e. The van der Waals surface area contributed by atoms with Gasteiger partial charge in [-0.2, -0.15) is 0 Å². The van der Waals surface area contributed by atoms with Gasteiger partial charge in [-0.25, -0.2) is 0 Å². The fraction of sp³-hybridized carbons (Fsp3) is 0.357. The molecule has 2 N–H and O–H groups in total. The van der Waals surface area contributed by atoms with Gasteiger partial charge in [0.1, 0.15) is 12.4 Å². The Hall–Kier alpha value is -1.39. The summed E-state index contributed by atoms with van der Waals surface area (Å²) >= 11 is 1.62. The molecule has 0 fully saturated rings. The van der Waals surface area contributed by atoms with Crippen LogP contribution >= 0.6 is 11.3 Å². The highest BCUT2D eigenvalue weighted by Gasteiger charge is 2.19. The molecule has 0 bridgehead atoms. The first kappa shape index (κ1) is 11.7. The van der Waals surface area contributed by atoms with Gasteiger partial charge in [-0.1, -0.05) is 12.1 Å². The molecular formula is C14H16N2OS. The summed E-state index contributed by atoms with van der Waals surface area (Å²) in [4.78, 5) is 5.20. The van der Waals surface area contributed by atoms with Crippen molar-refractivity contribution in [2.75, 3.05) is 0 Å². The van der Waals surface area contributed by atoms with Gasteiger partial charge in [0.25, 0.3) is 0 Å². The molecule has 1 atom stereocenters. The van der Waals surface area contributed by atoms with E-state index in [0.717, 1.165) is 29.9 Å². The monoisotopic (exact) mass is 260 g/mol. The van der Waals surface area contributed by atoms with Crippen molar-refractivity contribution in [2.24, 2.45) is 5.73 Å². The molecule has 1 aromatic heterocycles. The molecule has 2 aromatic rings. The highest BCUT2D eigenvalue weighted by molar-refractivity contribution is 7.09. The summed E-state index contributed by atoms with van der Waals surface area (Å²) in [5.74, 6) is 0.982. The smallest absolute Gasteiger partial charge is 0.124 e. The molecule has 0 spiro atoms. The van der Waals surface area contributed by atoms with Crippen LogP contribution in [0.3, 0.4) is 0 Å². The van der Waals surface area contributed by atoms with Gasteiger partial charge in [-0.05, 0) is 36.5 Å². The van der Waals surface area contributed by atoms with Crippen LogP contribution in [0.15, 0.2) is 29.9 Å². The number of aromatic nitrogens is 1. The molecule has 0 aliphatic heterocycles. The van der Waals surface area contributed by atoms with Crippen LogP contribution in [0.5, 0.6) is 5.75 Å². The Balaban J connectivity index is 1.82. The Bertz CT molecular complexity index is 525. The highest BCUT2D eigenvalue weighted by Crippen LogP contribution is 2.34. The number of nitrogens with two attached hydrogens (primary N) is 1. The quantitative estimate of drug-likeness (QED) is 0.922. The van der Waals surface area contributed by atoms with E-state index in [0.29, 0.717) is 6.61 Å². The number of fused-ring (bicyclic) bond motifs is 1. The first-order valence-electron chi connectivity index (χ1n) is 6.22. The molecule has 18 heavy (non-hydrogen) atoms. The zero-order valence-corrected chi connectivity index (χ0v) is 11.0. The summed E-state index contributed by atoms with van der Waals surface area (Å²) in [5.41, 5.74) is 10.5. The van der Waals surface area contributed by atoms with E-state index < -0.39 is 0 Å². The lowest BCUT2D eigenvalue weighted by Gasteiger charge is -2.24. The van der Waals surface area contributed by atoms with E-state index in [-0.39, 0.29) is 6.04 Å². The lowest BCUT2D eigenvalue weighted by Crippen LogP contribution is -2.18. The SMILES string of the molecule is NC1CCCc2c(OCc3cncs3)cccc21. The molecule has 1 heterocycles. The molecule has 94 valence electrons. The van der Waals surface area contributed by atoms with Crippen molar-refractivity contribution in [1.82, 2.24) is 4.98 Å². The maximum atomic E-state index is 6.14. The minimum Gasteiger partial charge on any atom is -0.488 e. The second-order valence-electron chi connectivity index (χ2n) is 4.58. The van der Waals surface area contributed by atoms with Gasteiger partial charge in [-0.3, -0.25) is 4.98 Å². The molecule has 4 heteroatoms. The topological polar surface area (TPSA) is 48.1 Å². The van der Waals surface area contributed by atoms with Crippen LogP contribution in [0.4, 0.5) is 0 Å². The van der Waals surface area contributed by atoms with Crippen LogP contribution in [0.1, 0.15) is 34.9 Å². The molecule has 3 nitrogen and oxygen atoms in total. The van der Waals surface area contributed by atoms with Gasteiger partial charge >= 0.3 is 0 Å². The van der Waals surface area contributed by atoms with E-state index in [1.807, 2.05) is 23.8 Å². The van der Waals surface area contributed by atoms with E-state index in [1.54, 1.807) is 11.3 Å². The van der Waals surface area contributed by atoms with Gasteiger partial charge in [-0.15, -0.1) is 11.3 Å². The second kappa shape index (κ2) is 5.08. The fourth-order valence-corrected chi connectivity index (χ4v) is 2.96. The van der Waals surface area contributed by atoms with Crippen LogP contribution in [-0.2, 0) is 13.0 Å². The maximum absolute atomic E-state index is 6.14. The summed E-state index contributed by atoms with van der Waals surface area (Å²) in [6, 6.07) is 6.36. The van der Waals surface area contributed by atoms with Crippen molar-refractivity contribution in [1.29, 1.82) is 0 Å². The molecule has 1 aromatic carbocycles. The predicted molar refractivity (Wildman–Crippen MR) is 72.8 cm³/mol. The second-order valence-corrected chi connectivity index (χ2v) is 5.55. The van der Waals surface area contributed by atoms with E-state index in [4.69, 9.17) is 10.5 Å². The third-order valence-corrected chi connectivity index (χ3v) is 4.12. The lowest BCUT2D eigenvalue weighted by molar-refractivity contribution is 0.303. The number of hydrogen-bond acceptors (Lipinski definition) is 4. The Morgan fingerprint density at radius 3 is 3.22 bits per heavy atom. The molecule has 3 rings (SSSR count). The van der Waals surface area contributed by atoms with Crippen molar-refractivity contribution < 1.29 is 4.74 Å². The Morgan fingerprint density at radius 2 is 2.39 bits per heavy atom. The number of nitrogens with zero attached hydrogens (tertiary/aromatic N) is 1. The summed E-state index contributed by atoms with van der Waals surface area (Å²) in [7, 11) is 0. The van der Waals surface area contributed by atoms with E-state index in [2.05, 4.69) is 11.1 Å². The number of rotatable bonds is 3. The van der Waals surface area contributed by atoms with Crippen molar-refractivity contribution in [2.45, 2.75) is 31.9 Å². The minimum atomic E-state index is 0.167. The van der Waals surface area contributed by atoms with Gasteiger partial charge in [0.2, 0.25) is 0 Å². The third-order valence-electron chi connectivity index (χ3n) is 3.36. The van der Waals surface area contributed by atoms with Crippen molar-refractivity contribution >= 4 is 11.3 Å². The normalized spacial score (nSPS) is 18.4. The van der Waals surface area contributed by atoms with Gasteiger partial charge in [0.05, 0.1) is 10.4 Å². The van der Waals surface area contributed by atoms with Gasteiger partial charge in [0, 0.05) is 12.2 Å². The summed E-state index contributed by atoms with van der Waals surface area (Å²) < 4.78 is 5.91. The number of hydrogen-bond donors (Lipinski definition) is 1. The predicted octanol–water partition coefficient (Wildman–Crippen LogP) is 3.06. The summed E-state index contributed by atoms with van der Waals surface area (Å²) in [5, 5.41) is 0. The van der Waals surface area contributed by atoms with Crippen molar-refractivity contribution in [3.8, 4) is 5.75 Å². The zero-order chi connectivity index (χ0) is 12.4. The van der Waals surface area contributed by atoms with Gasteiger partial charge < -0.3 is 10.5 Å². The van der Waals surface area contributed by atoms with Crippen molar-refractivity contribution in [3.63, 3.8) is 0 Å². The van der Waals surface area contributed by atoms with Gasteiger partial charge in [0.15, 0.2) is 0 Å². The molecule has 1 aliphatic carbocycles. The molecule has 0 saturated carbocycles. The molecule has 0 radical (unpaired) electrons.